The van der Waals surface area contributed by atoms with Gasteiger partial charge in [0.05, 0.1) is 0 Å². The van der Waals surface area contributed by atoms with E-state index in [0.717, 1.165) is 13.0 Å². The third-order valence-electron chi connectivity index (χ3n) is 3.61. The van der Waals surface area contributed by atoms with Crippen molar-refractivity contribution in [3.63, 3.8) is 0 Å². The van der Waals surface area contributed by atoms with Crippen molar-refractivity contribution in [2.75, 3.05) is 13.6 Å². The summed E-state index contributed by atoms with van der Waals surface area (Å²) in [5.41, 5.74) is 5.79. The van der Waals surface area contributed by atoms with Crippen LogP contribution in [0.15, 0.2) is 54.6 Å². The van der Waals surface area contributed by atoms with Gasteiger partial charge in [-0.05, 0) is 0 Å². The van der Waals surface area contributed by atoms with Crippen LogP contribution in [0.5, 0.6) is 0 Å². The van der Waals surface area contributed by atoms with E-state index < -0.39 is 0 Å². The molecule has 2 aromatic carbocycles. The summed E-state index contributed by atoms with van der Waals surface area (Å²) in [7, 11) is 2.01. The number of hydrogen-bond donors (Lipinski definition) is 1. The SMILES string of the molecule is CNCC/C=C1/c2ccccc2C[Se]c2ccccc21. The van der Waals surface area contributed by atoms with Gasteiger partial charge >= 0.3 is 127 Å². The predicted molar refractivity (Wildman–Crippen MR) is 87.6 cm³/mol. The van der Waals surface area contributed by atoms with E-state index in [9.17, 15) is 0 Å². The molecule has 1 nitrogen and oxygen atoms in total. The number of fused-ring (bicyclic) bond motifs is 2. The first kappa shape index (κ1) is 13.6. The summed E-state index contributed by atoms with van der Waals surface area (Å²) in [6.07, 6.45) is 3.47. The Labute approximate surface area is 127 Å². The zero-order valence-electron chi connectivity index (χ0n) is 11.7. The van der Waals surface area contributed by atoms with Crippen LogP contribution in [0, 0.1) is 0 Å². The fraction of sp³-hybridized carbons (Fsp3) is 0.222. The van der Waals surface area contributed by atoms with Gasteiger partial charge in [-0.25, -0.2) is 0 Å². The van der Waals surface area contributed by atoms with Gasteiger partial charge < -0.3 is 0 Å². The summed E-state index contributed by atoms with van der Waals surface area (Å²) < 4.78 is 1.53. The predicted octanol–water partition coefficient (Wildman–Crippen LogP) is 2.57. The van der Waals surface area contributed by atoms with Crippen LogP contribution in [0.4, 0.5) is 0 Å². The molecule has 1 N–H and O–H groups in total. The zero-order valence-corrected chi connectivity index (χ0v) is 13.4. The Hall–Kier alpha value is -1.34. The van der Waals surface area contributed by atoms with Crippen molar-refractivity contribution in [3.8, 4) is 0 Å². The first-order valence-electron chi connectivity index (χ1n) is 7.05. The van der Waals surface area contributed by atoms with Gasteiger partial charge in [-0.1, -0.05) is 0 Å². The minimum atomic E-state index is 0.533. The summed E-state index contributed by atoms with van der Waals surface area (Å²) in [6, 6.07) is 17.8. The fourth-order valence-corrected chi connectivity index (χ4v) is 4.85. The molecule has 0 spiro atoms. The Morgan fingerprint density at radius 2 is 1.80 bits per heavy atom. The average Bonchev–Trinajstić information content (AvgIpc) is 2.66. The normalized spacial score (nSPS) is 15.6. The van der Waals surface area contributed by atoms with Gasteiger partial charge in [0.15, 0.2) is 0 Å². The van der Waals surface area contributed by atoms with Crippen LogP contribution in [0.25, 0.3) is 5.57 Å². The van der Waals surface area contributed by atoms with Crippen molar-refractivity contribution in [1.82, 2.24) is 5.32 Å². The molecule has 3 rings (SSSR count). The van der Waals surface area contributed by atoms with Gasteiger partial charge in [0.25, 0.3) is 0 Å². The number of benzene rings is 2. The Balaban J connectivity index is 2.11. The van der Waals surface area contributed by atoms with Crippen molar-refractivity contribution < 1.29 is 0 Å². The Morgan fingerprint density at radius 1 is 1.05 bits per heavy atom. The number of nitrogens with one attached hydrogen (secondary N) is 1. The Kier molecular flexibility index (Phi) is 4.37. The monoisotopic (exact) mass is 329 g/mol. The quantitative estimate of drug-likeness (QED) is 0.675. The maximum atomic E-state index is 3.23. The first-order chi connectivity index (χ1) is 9.90. The van der Waals surface area contributed by atoms with E-state index >= 15 is 0 Å². The Bertz CT molecular complexity index is 581. The molecule has 1 aliphatic heterocycles. The molecule has 0 atom stereocenters. The van der Waals surface area contributed by atoms with E-state index in [4.69, 9.17) is 0 Å². The molecule has 0 aliphatic carbocycles. The van der Waals surface area contributed by atoms with Crippen LogP contribution in [-0.4, -0.2) is 28.5 Å². The molecule has 20 heavy (non-hydrogen) atoms. The molecule has 1 aliphatic rings. The Morgan fingerprint density at radius 3 is 2.65 bits per heavy atom. The average molecular weight is 328 g/mol. The molecule has 0 radical (unpaired) electrons. The third-order valence-corrected chi connectivity index (χ3v) is 5.97. The van der Waals surface area contributed by atoms with Crippen molar-refractivity contribution in [1.29, 1.82) is 0 Å². The third kappa shape index (κ3) is 2.73. The molecule has 1 heterocycles. The van der Waals surface area contributed by atoms with Crippen LogP contribution < -0.4 is 9.78 Å². The maximum absolute atomic E-state index is 3.23. The summed E-state index contributed by atoms with van der Waals surface area (Å²) in [6.45, 7) is 1.03. The van der Waals surface area contributed by atoms with E-state index in [2.05, 4.69) is 59.9 Å². The molecule has 0 aromatic heterocycles. The van der Waals surface area contributed by atoms with Crippen LogP contribution in [0.1, 0.15) is 23.1 Å². The molecule has 0 amide bonds. The van der Waals surface area contributed by atoms with E-state index in [-0.39, 0.29) is 0 Å². The minimum absolute atomic E-state index is 0.533. The summed E-state index contributed by atoms with van der Waals surface area (Å²) in [5.74, 6) is 0. The van der Waals surface area contributed by atoms with Crippen LogP contribution in [0.2, 0.25) is 0 Å². The molecule has 0 fully saturated rings. The van der Waals surface area contributed by atoms with Crippen LogP contribution in [-0.2, 0) is 5.32 Å². The molecule has 2 aromatic rings. The molecule has 0 unspecified atom stereocenters. The molecular formula is C18H19NSe. The molecule has 0 saturated carbocycles. The molecular weight excluding hydrogens is 309 g/mol. The van der Waals surface area contributed by atoms with Crippen LogP contribution >= 0.6 is 0 Å². The van der Waals surface area contributed by atoms with E-state index in [1.807, 2.05) is 7.05 Å². The fourth-order valence-electron chi connectivity index (χ4n) is 2.61. The summed E-state index contributed by atoms with van der Waals surface area (Å²) >= 11 is 0.533. The van der Waals surface area contributed by atoms with Gasteiger partial charge in [0.2, 0.25) is 0 Å². The first-order valence-corrected chi connectivity index (χ1v) is 9.12. The van der Waals surface area contributed by atoms with E-state index in [0.29, 0.717) is 15.0 Å². The van der Waals surface area contributed by atoms with Crippen LogP contribution in [0.3, 0.4) is 0 Å². The van der Waals surface area contributed by atoms with Gasteiger partial charge in [0, 0.05) is 0 Å². The molecule has 0 bridgehead atoms. The van der Waals surface area contributed by atoms with Gasteiger partial charge in [-0.2, -0.15) is 0 Å². The van der Waals surface area contributed by atoms with Crippen molar-refractivity contribution in [2.45, 2.75) is 11.7 Å². The zero-order chi connectivity index (χ0) is 13.8. The van der Waals surface area contributed by atoms with E-state index in [1.54, 1.807) is 0 Å². The number of hydrogen-bond acceptors (Lipinski definition) is 1. The van der Waals surface area contributed by atoms with E-state index in [1.165, 1.54) is 32.0 Å². The summed E-state index contributed by atoms with van der Waals surface area (Å²) in [4.78, 5) is 0. The molecule has 102 valence electrons. The molecule has 2 heteroatoms. The second-order valence-electron chi connectivity index (χ2n) is 4.95. The second-order valence-corrected chi connectivity index (χ2v) is 7.09. The standard InChI is InChI=1S/C18H19NSe/c1-19-12-6-10-16-15-8-3-2-7-14(15)13-20-18-11-5-4-9-17(16)18/h2-5,7-11,19H,6,12-13H2,1H3/b16-10-. The van der Waals surface area contributed by atoms with Crippen molar-refractivity contribution in [3.05, 3.63) is 71.3 Å². The topological polar surface area (TPSA) is 12.0 Å². The van der Waals surface area contributed by atoms with Crippen molar-refractivity contribution >= 4 is 25.0 Å². The van der Waals surface area contributed by atoms with Gasteiger partial charge in [-0.3, -0.25) is 0 Å². The molecule has 0 saturated heterocycles. The van der Waals surface area contributed by atoms with Gasteiger partial charge in [0.1, 0.15) is 0 Å². The summed E-state index contributed by atoms with van der Waals surface area (Å²) in [5, 5.41) is 4.43. The van der Waals surface area contributed by atoms with Gasteiger partial charge in [-0.15, -0.1) is 0 Å². The number of rotatable bonds is 3. The second kappa shape index (κ2) is 6.41. The van der Waals surface area contributed by atoms with Crippen molar-refractivity contribution in [2.24, 2.45) is 0 Å².